The second-order valence-corrected chi connectivity index (χ2v) is 6.11. The lowest BCUT2D eigenvalue weighted by atomic mass is 10.2. The molecule has 1 atom stereocenters. The SMILES string of the molecule is O=S(=O)(CCc1ccncc1)NC1CCNC1. The molecule has 94 valence electrons. The number of aromatic nitrogens is 1. The summed E-state index contributed by atoms with van der Waals surface area (Å²) in [6.45, 7) is 1.62. The summed E-state index contributed by atoms with van der Waals surface area (Å²) in [7, 11) is -3.17. The number of rotatable bonds is 5. The molecule has 0 amide bonds. The van der Waals surface area contributed by atoms with Gasteiger partial charge >= 0.3 is 0 Å². The van der Waals surface area contributed by atoms with Gasteiger partial charge in [0, 0.05) is 25.0 Å². The van der Waals surface area contributed by atoms with Crippen molar-refractivity contribution in [2.45, 2.75) is 18.9 Å². The van der Waals surface area contributed by atoms with Crippen LogP contribution < -0.4 is 10.0 Å². The average molecular weight is 255 g/mol. The Morgan fingerprint density at radius 2 is 2.18 bits per heavy atom. The van der Waals surface area contributed by atoms with Gasteiger partial charge in [0.25, 0.3) is 0 Å². The van der Waals surface area contributed by atoms with Crippen molar-refractivity contribution in [3.8, 4) is 0 Å². The zero-order chi connectivity index (χ0) is 12.1. The van der Waals surface area contributed by atoms with Gasteiger partial charge in [0.05, 0.1) is 5.75 Å². The highest BCUT2D eigenvalue weighted by atomic mass is 32.2. The van der Waals surface area contributed by atoms with Gasteiger partial charge in [-0.2, -0.15) is 0 Å². The molecule has 17 heavy (non-hydrogen) atoms. The Morgan fingerprint density at radius 1 is 1.41 bits per heavy atom. The summed E-state index contributed by atoms with van der Waals surface area (Å²) in [6, 6.07) is 3.73. The minimum atomic E-state index is -3.17. The highest BCUT2D eigenvalue weighted by molar-refractivity contribution is 7.89. The van der Waals surface area contributed by atoms with Crippen molar-refractivity contribution in [2.75, 3.05) is 18.8 Å². The predicted molar refractivity (Wildman–Crippen MR) is 66.1 cm³/mol. The van der Waals surface area contributed by atoms with E-state index in [4.69, 9.17) is 0 Å². The largest absolute Gasteiger partial charge is 0.315 e. The van der Waals surface area contributed by atoms with Crippen LogP contribution in [0.25, 0.3) is 0 Å². The lowest BCUT2D eigenvalue weighted by Gasteiger charge is -2.11. The lowest BCUT2D eigenvalue weighted by Crippen LogP contribution is -2.38. The molecule has 0 bridgehead atoms. The summed E-state index contributed by atoms with van der Waals surface area (Å²) in [5.74, 6) is 0.132. The highest BCUT2D eigenvalue weighted by Gasteiger charge is 2.20. The van der Waals surface area contributed by atoms with Crippen LogP contribution in [0.3, 0.4) is 0 Å². The minimum Gasteiger partial charge on any atom is -0.315 e. The van der Waals surface area contributed by atoms with E-state index in [9.17, 15) is 8.42 Å². The van der Waals surface area contributed by atoms with E-state index in [1.54, 1.807) is 12.4 Å². The maximum atomic E-state index is 11.8. The van der Waals surface area contributed by atoms with E-state index < -0.39 is 10.0 Å². The predicted octanol–water partition coefficient (Wildman–Crippen LogP) is -0.0946. The molecule has 1 saturated heterocycles. The number of nitrogens with one attached hydrogen (secondary N) is 2. The van der Waals surface area contributed by atoms with Gasteiger partial charge in [-0.25, -0.2) is 13.1 Å². The van der Waals surface area contributed by atoms with Crippen molar-refractivity contribution < 1.29 is 8.42 Å². The fraction of sp³-hybridized carbons (Fsp3) is 0.545. The van der Waals surface area contributed by atoms with E-state index in [-0.39, 0.29) is 11.8 Å². The fourth-order valence-electron chi connectivity index (χ4n) is 1.87. The van der Waals surface area contributed by atoms with Crippen LogP contribution in [0, 0.1) is 0 Å². The maximum Gasteiger partial charge on any atom is 0.212 e. The molecule has 2 N–H and O–H groups in total. The first-order valence-electron chi connectivity index (χ1n) is 5.75. The van der Waals surface area contributed by atoms with Gasteiger partial charge in [-0.05, 0) is 37.1 Å². The number of hydrogen-bond acceptors (Lipinski definition) is 4. The van der Waals surface area contributed by atoms with Crippen LogP contribution in [0.4, 0.5) is 0 Å². The first kappa shape index (κ1) is 12.5. The van der Waals surface area contributed by atoms with Crippen LogP contribution in [0.1, 0.15) is 12.0 Å². The van der Waals surface area contributed by atoms with Crippen LogP contribution in [0.5, 0.6) is 0 Å². The Labute approximate surface area is 102 Å². The number of nitrogens with zero attached hydrogens (tertiary/aromatic N) is 1. The monoisotopic (exact) mass is 255 g/mol. The van der Waals surface area contributed by atoms with Gasteiger partial charge in [-0.3, -0.25) is 4.98 Å². The second kappa shape index (κ2) is 5.57. The Hall–Kier alpha value is -0.980. The summed E-state index contributed by atoms with van der Waals surface area (Å²) in [4.78, 5) is 3.90. The normalized spacial score (nSPS) is 20.6. The third-order valence-electron chi connectivity index (χ3n) is 2.82. The fourth-order valence-corrected chi connectivity index (χ4v) is 3.20. The molecular weight excluding hydrogens is 238 g/mol. The topological polar surface area (TPSA) is 71.1 Å². The van der Waals surface area contributed by atoms with Crippen molar-refractivity contribution in [3.05, 3.63) is 30.1 Å². The molecule has 0 radical (unpaired) electrons. The molecule has 2 rings (SSSR count). The molecule has 1 fully saturated rings. The van der Waals surface area contributed by atoms with E-state index in [1.165, 1.54) is 0 Å². The van der Waals surface area contributed by atoms with Crippen LogP contribution in [-0.4, -0.2) is 38.3 Å². The summed E-state index contributed by atoms with van der Waals surface area (Å²) >= 11 is 0. The Morgan fingerprint density at radius 3 is 2.82 bits per heavy atom. The second-order valence-electron chi connectivity index (χ2n) is 4.23. The van der Waals surface area contributed by atoms with Gasteiger partial charge in [-0.15, -0.1) is 0 Å². The molecule has 0 spiro atoms. The van der Waals surface area contributed by atoms with Gasteiger partial charge in [0.2, 0.25) is 10.0 Å². The van der Waals surface area contributed by atoms with Crippen molar-refractivity contribution in [1.82, 2.24) is 15.0 Å². The van der Waals surface area contributed by atoms with E-state index in [0.29, 0.717) is 6.42 Å². The smallest absolute Gasteiger partial charge is 0.212 e. The van der Waals surface area contributed by atoms with Gasteiger partial charge in [-0.1, -0.05) is 0 Å². The van der Waals surface area contributed by atoms with E-state index in [0.717, 1.165) is 25.1 Å². The third kappa shape index (κ3) is 4.07. The summed E-state index contributed by atoms with van der Waals surface area (Å²) in [5, 5.41) is 3.13. The molecule has 1 aliphatic rings. The molecule has 0 aromatic carbocycles. The molecule has 1 aliphatic heterocycles. The molecule has 5 nitrogen and oxygen atoms in total. The lowest BCUT2D eigenvalue weighted by molar-refractivity contribution is 0.559. The molecular formula is C11H17N3O2S. The molecule has 0 saturated carbocycles. The van der Waals surface area contributed by atoms with Gasteiger partial charge < -0.3 is 5.32 Å². The maximum absolute atomic E-state index is 11.8. The molecule has 2 heterocycles. The quantitative estimate of drug-likeness (QED) is 0.771. The minimum absolute atomic E-state index is 0.0532. The highest BCUT2D eigenvalue weighted by Crippen LogP contribution is 2.03. The van der Waals surface area contributed by atoms with Crippen molar-refractivity contribution in [2.24, 2.45) is 0 Å². The first-order chi connectivity index (χ1) is 8.16. The van der Waals surface area contributed by atoms with Crippen molar-refractivity contribution in [3.63, 3.8) is 0 Å². The van der Waals surface area contributed by atoms with Crippen LogP contribution in [0.15, 0.2) is 24.5 Å². The Balaban J connectivity index is 1.85. The number of aryl methyl sites for hydroxylation is 1. The van der Waals surface area contributed by atoms with Crippen molar-refractivity contribution >= 4 is 10.0 Å². The van der Waals surface area contributed by atoms with Crippen LogP contribution in [-0.2, 0) is 16.4 Å². The standard InChI is InChI=1S/C11H17N3O2S/c15-17(16,14-11-3-7-13-9-11)8-4-10-1-5-12-6-2-10/h1-2,5-6,11,13-14H,3-4,7-9H2. The zero-order valence-electron chi connectivity index (χ0n) is 9.59. The number of pyridine rings is 1. The summed E-state index contributed by atoms with van der Waals surface area (Å²) in [6.07, 6.45) is 4.75. The molecule has 1 aromatic rings. The number of hydrogen-bond donors (Lipinski definition) is 2. The molecule has 6 heteroatoms. The number of sulfonamides is 1. The Bertz CT molecular complexity index is 441. The third-order valence-corrected chi connectivity index (χ3v) is 4.25. The average Bonchev–Trinajstić information content (AvgIpc) is 2.80. The molecule has 0 aliphatic carbocycles. The first-order valence-corrected chi connectivity index (χ1v) is 7.40. The Kier molecular flexibility index (Phi) is 4.09. The van der Waals surface area contributed by atoms with Gasteiger partial charge in [0.15, 0.2) is 0 Å². The van der Waals surface area contributed by atoms with Crippen molar-refractivity contribution in [1.29, 1.82) is 0 Å². The van der Waals surface area contributed by atoms with Gasteiger partial charge in [0.1, 0.15) is 0 Å². The summed E-state index contributed by atoms with van der Waals surface area (Å²) < 4.78 is 26.3. The molecule has 1 unspecified atom stereocenters. The molecule has 1 aromatic heterocycles. The zero-order valence-corrected chi connectivity index (χ0v) is 10.4. The van der Waals surface area contributed by atoms with Crippen LogP contribution in [0.2, 0.25) is 0 Å². The summed E-state index contributed by atoms with van der Waals surface area (Å²) in [5.41, 5.74) is 0.995. The van der Waals surface area contributed by atoms with E-state index in [1.807, 2.05) is 12.1 Å². The van der Waals surface area contributed by atoms with E-state index >= 15 is 0 Å². The van der Waals surface area contributed by atoms with Crippen LogP contribution >= 0.6 is 0 Å². The van der Waals surface area contributed by atoms with E-state index in [2.05, 4.69) is 15.0 Å².